The van der Waals surface area contributed by atoms with Gasteiger partial charge in [-0.05, 0) is 18.9 Å². The fraction of sp³-hybridized carbons (Fsp3) is 0.310. The number of amides is 2. The second-order valence-electron chi connectivity index (χ2n) is 9.67. The van der Waals surface area contributed by atoms with Gasteiger partial charge in [0, 0.05) is 37.1 Å². The van der Waals surface area contributed by atoms with Gasteiger partial charge in [0.2, 0.25) is 5.91 Å². The third-order valence-electron chi connectivity index (χ3n) is 7.32. The molecular weight excluding hydrogens is 500 g/mol. The van der Waals surface area contributed by atoms with Crippen molar-refractivity contribution >= 4 is 39.4 Å². The molecule has 0 spiro atoms. The highest BCUT2D eigenvalue weighted by molar-refractivity contribution is 6.12. The molecule has 0 radical (unpaired) electrons. The minimum atomic E-state index is -0.580. The quantitative estimate of drug-likeness (QED) is 0.353. The summed E-state index contributed by atoms with van der Waals surface area (Å²) in [5.41, 5.74) is 1.33. The van der Waals surface area contributed by atoms with Crippen LogP contribution in [0.3, 0.4) is 0 Å². The fourth-order valence-corrected chi connectivity index (χ4v) is 5.47. The van der Waals surface area contributed by atoms with Crippen molar-refractivity contribution in [2.24, 2.45) is 7.05 Å². The lowest BCUT2D eigenvalue weighted by atomic mass is 10.1. The molecular formula is C29H30N4O6. The molecule has 1 aliphatic rings. The molecule has 1 aliphatic heterocycles. The predicted molar refractivity (Wildman–Crippen MR) is 146 cm³/mol. The normalized spacial score (nSPS) is 15.5. The first-order chi connectivity index (χ1) is 18.8. The maximum absolute atomic E-state index is 13.9. The number of carbonyl (C=O) groups excluding carboxylic acids is 3. The molecule has 10 heteroatoms. The van der Waals surface area contributed by atoms with Crippen LogP contribution in [-0.2, 0) is 18.4 Å². The average molecular weight is 531 g/mol. The molecule has 4 aromatic rings. The van der Waals surface area contributed by atoms with Gasteiger partial charge < -0.3 is 24.6 Å². The number of aryl methyl sites for hydroxylation is 1. The number of Topliss-reactive ketones (excluding diaryl/α,β-unsaturated/α-hetero) is 1. The van der Waals surface area contributed by atoms with E-state index in [0.29, 0.717) is 41.4 Å². The topological polar surface area (TPSA) is 123 Å². The molecule has 2 N–H and O–H groups in total. The van der Waals surface area contributed by atoms with Crippen LogP contribution in [0.4, 0.5) is 0 Å². The second-order valence-corrected chi connectivity index (χ2v) is 9.67. The van der Waals surface area contributed by atoms with Crippen molar-refractivity contribution in [2.45, 2.75) is 25.4 Å². The molecule has 1 unspecified atom stereocenters. The number of para-hydroxylation sites is 1. The van der Waals surface area contributed by atoms with Gasteiger partial charge in [0.25, 0.3) is 11.5 Å². The van der Waals surface area contributed by atoms with Gasteiger partial charge in [0.15, 0.2) is 17.2 Å². The number of carbonyl (C=O) groups is 3. The zero-order valence-corrected chi connectivity index (χ0v) is 21.8. The van der Waals surface area contributed by atoms with Gasteiger partial charge >= 0.3 is 0 Å². The lowest BCUT2D eigenvalue weighted by Gasteiger charge is -2.32. The number of aromatic nitrogens is 2. The van der Waals surface area contributed by atoms with Gasteiger partial charge in [-0.25, -0.2) is 0 Å². The van der Waals surface area contributed by atoms with Crippen molar-refractivity contribution in [3.63, 3.8) is 0 Å². The summed E-state index contributed by atoms with van der Waals surface area (Å²) in [5.74, 6) is -0.910. The van der Waals surface area contributed by atoms with E-state index in [0.717, 1.165) is 0 Å². The number of benzene rings is 2. The first-order valence-electron chi connectivity index (χ1n) is 12.8. The van der Waals surface area contributed by atoms with Crippen LogP contribution in [0.25, 0.3) is 21.8 Å². The minimum Gasteiger partial charge on any atom is -0.493 e. The van der Waals surface area contributed by atoms with Crippen molar-refractivity contribution in [3.05, 3.63) is 76.2 Å². The Morgan fingerprint density at radius 1 is 1.08 bits per heavy atom. The molecule has 1 fully saturated rings. The summed E-state index contributed by atoms with van der Waals surface area (Å²) in [4.78, 5) is 54.1. The summed E-state index contributed by atoms with van der Waals surface area (Å²) in [6.07, 6.45) is 1.36. The van der Waals surface area contributed by atoms with Gasteiger partial charge in [0.05, 0.1) is 24.7 Å². The number of ketones is 1. The maximum Gasteiger partial charge on any atom is 0.272 e. The zero-order chi connectivity index (χ0) is 27.7. The number of pyridine rings is 1. The van der Waals surface area contributed by atoms with E-state index in [-0.39, 0.29) is 47.7 Å². The van der Waals surface area contributed by atoms with Gasteiger partial charge in [-0.2, -0.15) is 0 Å². The van der Waals surface area contributed by atoms with Crippen LogP contribution in [-0.4, -0.2) is 69.6 Å². The molecule has 2 aromatic carbocycles. The summed E-state index contributed by atoms with van der Waals surface area (Å²) in [6, 6.07) is 15.7. The lowest BCUT2D eigenvalue weighted by molar-refractivity contribution is -0.135. The van der Waals surface area contributed by atoms with E-state index in [1.807, 2.05) is 18.2 Å². The Kier molecular flexibility index (Phi) is 7.21. The van der Waals surface area contributed by atoms with E-state index in [1.165, 1.54) is 16.6 Å². The van der Waals surface area contributed by atoms with Crippen molar-refractivity contribution in [1.29, 1.82) is 0 Å². The molecule has 0 saturated carbocycles. The van der Waals surface area contributed by atoms with Crippen molar-refractivity contribution < 1.29 is 24.2 Å². The standard InChI is InChI=1S/C29H30N4O6/c1-31-25-20-12-6-7-13-21(20)33(16-22(35)18-9-4-3-5-10-18)29(38)24(25)27(39-2)26(31)28(37)30-19-11-8-14-32(15-19)23(36)17-34/h3-7,9-10,12-13,19,34H,8,11,14-17H2,1-2H3,(H,30,37). The van der Waals surface area contributed by atoms with Crippen molar-refractivity contribution in [1.82, 2.24) is 19.4 Å². The van der Waals surface area contributed by atoms with Crippen LogP contribution in [0, 0.1) is 0 Å². The number of nitrogens with one attached hydrogen (secondary N) is 1. The SMILES string of the molecule is COc1c(C(=O)NC2CCCN(C(=O)CO)C2)n(C)c2c1c(=O)n(CC(=O)c1ccccc1)c1ccccc21. The number of piperidine rings is 1. The average Bonchev–Trinajstić information content (AvgIpc) is 3.27. The number of aliphatic hydroxyl groups is 1. The summed E-state index contributed by atoms with van der Waals surface area (Å²) in [5, 5.41) is 13.1. The van der Waals surface area contributed by atoms with E-state index >= 15 is 0 Å². The van der Waals surface area contributed by atoms with Crippen LogP contribution >= 0.6 is 0 Å². The Morgan fingerprint density at radius 3 is 2.51 bits per heavy atom. The van der Waals surface area contributed by atoms with Crippen LogP contribution < -0.4 is 15.6 Å². The molecule has 0 bridgehead atoms. The van der Waals surface area contributed by atoms with Crippen molar-refractivity contribution in [2.75, 3.05) is 26.8 Å². The number of rotatable bonds is 7. The molecule has 39 heavy (non-hydrogen) atoms. The Labute approximate surface area is 224 Å². The molecule has 2 amide bonds. The maximum atomic E-state index is 13.9. The Hall–Kier alpha value is -4.44. The smallest absolute Gasteiger partial charge is 0.272 e. The van der Waals surface area contributed by atoms with Gasteiger partial charge in [-0.3, -0.25) is 23.7 Å². The highest BCUT2D eigenvalue weighted by Gasteiger charge is 2.30. The highest BCUT2D eigenvalue weighted by Crippen LogP contribution is 2.34. The molecule has 0 aliphatic carbocycles. The fourth-order valence-electron chi connectivity index (χ4n) is 5.47. The summed E-state index contributed by atoms with van der Waals surface area (Å²) < 4.78 is 8.74. The summed E-state index contributed by atoms with van der Waals surface area (Å²) in [6.45, 7) is 0.0601. The van der Waals surface area contributed by atoms with E-state index in [2.05, 4.69) is 5.32 Å². The number of nitrogens with zero attached hydrogens (tertiary/aromatic N) is 3. The first-order valence-corrected chi connectivity index (χ1v) is 12.8. The number of fused-ring (bicyclic) bond motifs is 3. The second kappa shape index (κ2) is 10.7. The van der Waals surface area contributed by atoms with Crippen LogP contribution in [0.2, 0.25) is 0 Å². The lowest BCUT2D eigenvalue weighted by Crippen LogP contribution is -2.50. The monoisotopic (exact) mass is 530 g/mol. The summed E-state index contributed by atoms with van der Waals surface area (Å²) in [7, 11) is 3.11. The van der Waals surface area contributed by atoms with Gasteiger partial charge in [0.1, 0.15) is 12.0 Å². The zero-order valence-electron chi connectivity index (χ0n) is 21.8. The molecule has 1 saturated heterocycles. The number of hydrogen-bond donors (Lipinski definition) is 2. The summed E-state index contributed by atoms with van der Waals surface area (Å²) >= 11 is 0. The van der Waals surface area contributed by atoms with E-state index in [4.69, 9.17) is 4.74 Å². The van der Waals surface area contributed by atoms with E-state index in [9.17, 15) is 24.3 Å². The van der Waals surface area contributed by atoms with Crippen LogP contribution in [0.15, 0.2) is 59.4 Å². The molecule has 202 valence electrons. The number of likely N-dealkylation sites (tertiary alicyclic amines) is 1. The Bertz CT molecular complexity index is 1640. The van der Waals surface area contributed by atoms with E-state index in [1.54, 1.807) is 48.0 Å². The van der Waals surface area contributed by atoms with E-state index < -0.39 is 18.1 Å². The number of methoxy groups -OCH3 is 1. The molecule has 3 heterocycles. The third kappa shape index (κ3) is 4.67. The van der Waals surface area contributed by atoms with Crippen LogP contribution in [0.5, 0.6) is 5.75 Å². The van der Waals surface area contributed by atoms with Crippen molar-refractivity contribution in [3.8, 4) is 5.75 Å². The Balaban J connectivity index is 1.60. The number of hydrogen-bond acceptors (Lipinski definition) is 6. The molecule has 2 aromatic heterocycles. The van der Waals surface area contributed by atoms with Gasteiger partial charge in [-0.15, -0.1) is 0 Å². The first kappa shape index (κ1) is 26.2. The predicted octanol–water partition coefficient (Wildman–Crippen LogP) is 2.10. The Morgan fingerprint density at radius 2 is 1.79 bits per heavy atom. The third-order valence-corrected chi connectivity index (χ3v) is 7.32. The largest absolute Gasteiger partial charge is 0.493 e. The molecule has 10 nitrogen and oxygen atoms in total. The van der Waals surface area contributed by atoms with Gasteiger partial charge in [-0.1, -0.05) is 48.5 Å². The number of aliphatic hydroxyl groups excluding tert-OH is 1. The molecule has 1 atom stereocenters. The highest BCUT2D eigenvalue weighted by atomic mass is 16.5. The minimum absolute atomic E-state index is 0.126. The number of ether oxygens (including phenoxy) is 1. The molecule has 5 rings (SSSR count). The van der Waals surface area contributed by atoms with Crippen LogP contribution in [0.1, 0.15) is 33.7 Å².